The van der Waals surface area contributed by atoms with E-state index in [9.17, 15) is 8.78 Å². The van der Waals surface area contributed by atoms with Gasteiger partial charge in [0.1, 0.15) is 5.52 Å². The van der Waals surface area contributed by atoms with Crippen molar-refractivity contribution in [2.24, 2.45) is 0 Å². The second-order valence-electron chi connectivity index (χ2n) is 6.35. The average molecular weight is 404 g/mol. The van der Waals surface area contributed by atoms with Gasteiger partial charge in [0.2, 0.25) is 0 Å². The Bertz CT molecular complexity index is 1030. The normalized spacial score (nSPS) is 13.6. The van der Waals surface area contributed by atoms with Gasteiger partial charge in [-0.05, 0) is 25.2 Å². The molecule has 0 radical (unpaired) electrons. The van der Waals surface area contributed by atoms with Gasteiger partial charge >= 0.3 is 0 Å². The summed E-state index contributed by atoms with van der Waals surface area (Å²) < 4.78 is 40.0. The van der Waals surface area contributed by atoms with Crippen LogP contribution in [0.3, 0.4) is 0 Å². The van der Waals surface area contributed by atoms with Crippen molar-refractivity contribution < 1.29 is 18.3 Å². The molecule has 0 atom stereocenters. The number of halogens is 2. The Labute approximate surface area is 164 Å². The SMILES string of the molecule is COc1cc(OC)c(F)c(-c2cc3cnc(SC)nc3c(NC3CC3)n2)c1F. The number of hydrogen-bond acceptors (Lipinski definition) is 7. The van der Waals surface area contributed by atoms with E-state index in [2.05, 4.69) is 20.3 Å². The van der Waals surface area contributed by atoms with E-state index in [-0.39, 0.29) is 28.8 Å². The number of nitrogens with one attached hydrogen (secondary N) is 1. The number of pyridine rings is 1. The molecule has 0 spiro atoms. The second-order valence-corrected chi connectivity index (χ2v) is 7.13. The molecule has 146 valence electrons. The molecule has 0 unspecified atom stereocenters. The van der Waals surface area contributed by atoms with Crippen LogP contribution in [0.1, 0.15) is 12.8 Å². The Kier molecular flexibility index (Phi) is 4.92. The quantitative estimate of drug-likeness (QED) is 0.486. The fourth-order valence-electron chi connectivity index (χ4n) is 2.88. The molecule has 1 N–H and O–H groups in total. The molecule has 0 saturated heterocycles. The monoisotopic (exact) mass is 404 g/mol. The molecule has 0 bridgehead atoms. The van der Waals surface area contributed by atoms with Crippen LogP contribution in [0.5, 0.6) is 11.5 Å². The topological polar surface area (TPSA) is 69.2 Å². The van der Waals surface area contributed by atoms with Crippen LogP contribution in [-0.4, -0.2) is 41.5 Å². The first kappa shape index (κ1) is 18.7. The molecular weight excluding hydrogens is 386 g/mol. The number of anilines is 1. The van der Waals surface area contributed by atoms with Crippen molar-refractivity contribution in [2.45, 2.75) is 24.0 Å². The number of benzene rings is 1. The summed E-state index contributed by atoms with van der Waals surface area (Å²) in [6.07, 6.45) is 5.54. The molecule has 3 aromatic rings. The number of nitrogens with zero attached hydrogens (tertiary/aromatic N) is 3. The first-order chi connectivity index (χ1) is 13.5. The smallest absolute Gasteiger partial charge is 0.187 e. The van der Waals surface area contributed by atoms with E-state index in [1.54, 1.807) is 12.3 Å². The van der Waals surface area contributed by atoms with Crippen molar-refractivity contribution in [3.8, 4) is 22.8 Å². The van der Waals surface area contributed by atoms with E-state index in [4.69, 9.17) is 9.47 Å². The molecule has 1 aliphatic carbocycles. The van der Waals surface area contributed by atoms with Gasteiger partial charge in [0.25, 0.3) is 0 Å². The number of hydrogen-bond donors (Lipinski definition) is 1. The molecule has 2 aromatic heterocycles. The Morgan fingerprint density at radius 1 is 1.07 bits per heavy atom. The lowest BCUT2D eigenvalue weighted by Gasteiger charge is -2.14. The van der Waals surface area contributed by atoms with Crippen LogP contribution in [0.15, 0.2) is 23.5 Å². The van der Waals surface area contributed by atoms with Crippen molar-refractivity contribution in [3.63, 3.8) is 0 Å². The molecule has 1 aromatic carbocycles. The zero-order valence-electron chi connectivity index (χ0n) is 15.5. The molecule has 2 heterocycles. The summed E-state index contributed by atoms with van der Waals surface area (Å²) in [5, 5.41) is 4.53. The largest absolute Gasteiger partial charge is 0.494 e. The van der Waals surface area contributed by atoms with E-state index in [0.717, 1.165) is 12.8 Å². The first-order valence-corrected chi connectivity index (χ1v) is 9.86. The van der Waals surface area contributed by atoms with Gasteiger partial charge in [0, 0.05) is 23.7 Å². The molecule has 1 saturated carbocycles. The van der Waals surface area contributed by atoms with Gasteiger partial charge in [0.05, 0.1) is 25.5 Å². The number of fused-ring (bicyclic) bond motifs is 1. The zero-order chi connectivity index (χ0) is 19.8. The highest BCUT2D eigenvalue weighted by molar-refractivity contribution is 7.98. The van der Waals surface area contributed by atoms with Crippen molar-refractivity contribution in [3.05, 3.63) is 30.0 Å². The minimum absolute atomic E-state index is 0.114. The highest BCUT2D eigenvalue weighted by atomic mass is 32.2. The number of aromatic nitrogens is 3. The fraction of sp³-hybridized carbons (Fsp3) is 0.316. The summed E-state index contributed by atoms with van der Waals surface area (Å²) in [7, 11) is 2.62. The summed E-state index contributed by atoms with van der Waals surface area (Å²) in [6.45, 7) is 0. The molecular formula is C19H18F2N4O2S. The number of thioether (sulfide) groups is 1. The van der Waals surface area contributed by atoms with Gasteiger partial charge in [0.15, 0.2) is 34.1 Å². The van der Waals surface area contributed by atoms with Crippen LogP contribution in [-0.2, 0) is 0 Å². The molecule has 1 fully saturated rings. The number of rotatable bonds is 6. The summed E-state index contributed by atoms with van der Waals surface area (Å²) in [6, 6.07) is 3.03. The van der Waals surface area contributed by atoms with E-state index < -0.39 is 11.6 Å². The lowest BCUT2D eigenvalue weighted by Crippen LogP contribution is -2.07. The first-order valence-electron chi connectivity index (χ1n) is 8.64. The highest BCUT2D eigenvalue weighted by Gasteiger charge is 2.26. The third-order valence-corrected chi connectivity index (χ3v) is 5.04. The maximum Gasteiger partial charge on any atom is 0.187 e. The summed E-state index contributed by atoms with van der Waals surface area (Å²) in [5.74, 6) is -1.45. The van der Waals surface area contributed by atoms with Gasteiger partial charge < -0.3 is 14.8 Å². The number of ether oxygens (including phenoxy) is 2. The van der Waals surface area contributed by atoms with Crippen LogP contribution < -0.4 is 14.8 Å². The molecule has 0 amide bonds. The van der Waals surface area contributed by atoms with Crippen molar-refractivity contribution in [1.82, 2.24) is 15.0 Å². The Hall–Kier alpha value is -2.68. The summed E-state index contributed by atoms with van der Waals surface area (Å²) >= 11 is 1.41. The minimum atomic E-state index is -0.841. The van der Waals surface area contributed by atoms with E-state index in [1.165, 1.54) is 32.0 Å². The van der Waals surface area contributed by atoms with Crippen LogP contribution in [0.4, 0.5) is 14.6 Å². The standard InChI is InChI=1S/C19H18F2N4O2S/c1-26-12-7-13(27-2)16(21)14(15(12)20)11-6-9-8-22-19(28-3)25-17(9)18(24-11)23-10-4-5-10/h6-8,10H,4-5H2,1-3H3,(H,23,24). The van der Waals surface area contributed by atoms with E-state index in [1.807, 2.05) is 6.26 Å². The Morgan fingerprint density at radius 2 is 1.75 bits per heavy atom. The molecule has 6 nitrogen and oxygen atoms in total. The van der Waals surface area contributed by atoms with Crippen LogP contribution in [0.2, 0.25) is 0 Å². The average Bonchev–Trinajstić information content (AvgIpc) is 3.52. The lowest BCUT2D eigenvalue weighted by molar-refractivity contribution is 0.359. The van der Waals surface area contributed by atoms with Gasteiger partial charge in [-0.3, -0.25) is 0 Å². The van der Waals surface area contributed by atoms with Gasteiger partial charge in [-0.25, -0.2) is 23.7 Å². The van der Waals surface area contributed by atoms with Gasteiger partial charge in [-0.15, -0.1) is 0 Å². The maximum atomic E-state index is 14.9. The predicted octanol–water partition coefficient (Wildman–Crippen LogP) is 4.28. The predicted molar refractivity (Wildman–Crippen MR) is 104 cm³/mol. The molecule has 0 aliphatic heterocycles. The minimum Gasteiger partial charge on any atom is -0.494 e. The lowest BCUT2D eigenvalue weighted by atomic mass is 10.1. The van der Waals surface area contributed by atoms with E-state index >= 15 is 0 Å². The van der Waals surface area contributed by atoms with Crippen LogP contribution >= 0.6 is 11.8 Å². The second kappa shape index (κ2) is 7.38. The third kappa shape index (κ3) is 3.30. The molecule has 1 aliphatic rings. The molecule has 4 rings (SSSR count). The Morgan fingerprint density at radius 3 is 2.32 bits per heavy atom. The van der Waals surface area contributed by atoms with Crippen molar-refractivity contribution in [2.75, 3.05) is 25.8 Å². The Balaban J connectivity index is 1.96. The third-order valence-electron chi connectivity index (χ3n) is 4.47. The van der Waals surface area contributed by atoms with Crippen LogP contribution in [0, 0.1) is 11.6 Å². The number of methoxy groups -OCH3 is 2. The van der Waals surface area contributed by atoms with Gasteiger partial charge in [-0.2, -0.15) is 0 Å². The highest BCUT2D eigenvalue weighted by Crippen LogP contribution is 2.39. The fourth-order valence-corrected chi connectivity index (χ4v) is 3.22. The zero-order valence-corrected chi connectivity index (χ0v) is 16.4. The summed E-state index contributed by atoms with van der Waals surface area (Å²) in [5.41, 5.74) is 0.417. The van der Waals surface area contributed by atoms with Crippen LogP contribution in [0.25, 0.3) is 22.2 Å². The van der Waals surface area contributed by atoms with E-state index in [0.29, 0.717) is 21.9 Å². The van der Waals surface area contributed by atoms with Gasteiger partial charge in [-0.1, -0.05) is 11.8 Å². The molecule has 9 heteroatoms. The van der Waals surface area contributed by atoms with Crippen molar-refractivity contribution >= 4 is 28.5 Å². The molecule has 28 heavy (non-hydrogen) atoms. The maximum absolute atomic E-state index is 14.9. The summed E-state index contributed by atoms with van der Waals surface area (Å²) in [4.78, 5) is 13.3. The van der Waals surface area contributed by atoms with Crippen molar-refractivity contribution in [1.29, 1.82) is 0 Å².